The highest BCUT2D eigenvalue weighted by Gasteiger charge is 2.34. The first kappa shape index (κ1) is 10.5. The van der Waals surface area contributed by atoms with E-state index in [1.165, 1.54) is 18.5 Å². The minimum Gasteiger partial charge on any atom is -0.476 e. The minimum absolute atomic E-state index is 0.0153. The van der Waals surface area contributed by atoms with Crippen molar-refractivity contribution < 1.29 is 4.74 Å². The molecule has 1 saturated heterocycles. The first-order valence-corrected chi connectivity index (χ1v) is 6.98. The molecule has 2 aliphatic rings. The van der Waals surface area contributed by atoms with Crippen molar-refractivity contribution in [2.24, 2.45) is 0 Å². The molecule has 1 aliphatic carbocycles. The van der Waals surface area contributed by atoms with Crippen molar-refractivity contribution >= 4 is 11.3 Å². The molecule has 0 spiro atoms. The van der Waals surface area contributed by atoms with Crippen molar-refractivity contribution in [3.63, 3.8) is 0 Å². The van der Waals surface area contributed by atoms with Gasteiger partial charge in [0.25, 0.3) is 0 Å². The molecule has 88 valence electrons. The number of rotatable bonds is 3. The number of piperidine rings is 1. The van der Waals surface area contributed by atoms with Crippen LogP contribution in [0.1, 0.15) is 44.2 Å². The molecule has 4 heteroatoms. The van der Waals surface area contributed by atoms with E-state index in [4.69, 9.17) is 4.74 Å². The van der Waals surface area contributed by atoms with Crippen molar-refractivity contribution in [2.75, 3.05) is 13.1 Å². The average Bonchev–Trinajstić information content (AvgIpc) is 3.01. The molecule has 16 heavy (non-hydrogen) atoms. The van der Waals surface area contributed by atoms with Gasteiger partial charge in [-0.1, -0.05) is 11.3 Å². The van der Waals surface area contributed by atoms with Crippen LogP contribution in [0.25, 0.3) is 0 Å². The molecule has 2 heterocycles. The Morgan fingerprint density at radius 2 is 2.19 bits per heavy atom. The summed E-state index contributed by atoms with van der Waals surface area (Å²) in [5.74, 6) is 0.687. The smallest absolute Gasteiger partial charge is 0.198 e. The molecule has 0 atom stereocenters. The second-order valence-electron chi connectivity index (χ2n) is 5.10. The van der Waals surface area contributed by atoms with E-state index in [2.05, 4.69) is 17.2 Å². The van der Waals surface area contributed by atoms with Gasteiger partial charge < -0.3 is 10.1 Å². The topological polar surface area (TPSA) is 34.1 Å². The molecular weight excluding hydrogens is 220 g/mol. The van der Waals surface area contributed by atoms with E-state index in [9.17, 15) is 0 Å². The molecule has 1 N–H and O–H groups in total. The summed E-state index contributed by atoms with van der Waals surface area (Å²) in [7, 11) is 0. The maximum atomic E-state index is 6.23. The fourth-order valence-electron chi connectivity index (χ4n) is 2.23. The Bertz CT molecular complexity index is 367. The number of hydrogen-bond acceptors (Lipinski definition) is 4. The van der Waals surface area contributed by atoms with Gasteiger partial charge in [-0.3, -0.25) is 0 Å². The Kier molecular flexibility index (Phi) is 2.64. The molecule has 2 fully saturated rings. The van der Waals surface area contributed by atoms with Gasteiger partial charge in [0.05, 0.1) is 11.2 Å². The van der Waals surface area contributed by atoms with Crippen LogP contribution in [0.15, 0.2) is 5.51 Å². The predicted octanol–water partition coefficient (Wildman–Crippen LogP) is 2.54. The van der Waals surface area contributed by atoms with Gasteiger partial charge in [0.1, 0.15) is 5.60 Å². The zero-order chi connectivity index (χ0) is 11.0. The maximum Gasteiger partial charge on any atom is 0.198 e. The lowest BCUT2D eigenvalue weighted by molar-refractivity contribution is 0.0584. The zero-order valence-electron chi connectivity index (χ0n) is 9.66. The first-order chi connectivity index (χ1) is 7.77. The van der Waals surface area contributed by atoms with Crippen molar-refractivity contribution in [2.45, 2.75) is 44.1 Å². The van der Waals surface area contributed by atoms with Crippen LogP contribution < -0.4 is 10.1 Å². The van der Waals surface area contributed by atoms with Crippen molar-refractivity contribution in [3.05, 3.63) is 11.2 Å². The van der Waals surface area contributed by atoms with Gasteiger partial charge >= 0.3 is 0 Å². The quantitative estimate of drug-likeness (QED) is 0.878. The van der Waals surface area contributed by atoms with Gasteiger partial charge in [0.2, 0.25) is 0 Å². The maximum absolute atomic E-state index is 6.23. The lowest BCUT2D eigenvalue weighted by atomic mass is 9.95. The van der Waals surface area contributed by atoms with E-state index >= 15 is 0 Å². The predicted molar refractivity (Wildman–Crippen MR) is 65.2 cm³/mol. The number of hydrogen-bond donors (Lipinski definition) is 1. The van der Waals surface area contributed by atoms with E-state index in [1.54, 1.807) is 11.3 Å². The van der Waals surface area contributed by atoms with E-state index in [-0.39, 0.29) is 5.60 Å². The van der Waals surface area contributed by atoms with E-state index < -0.39 is 0 Å². The van der Waals surface area contributed by atoms with Gasteiger partial charge in [-0.25, -0.2) is 4.98 Å². The molecule has 0 aromatic carbocycles. The summed E-state index contributed by atoms with van der Waals surface area (Å²) in [6, 6.07) is 0. The molecule has 1 aliphatic heterocycles. The van der Waals surface area contributed by atoms with Gasteiger partial charge in [0.15, 0.2) is 5.06 Å². The summed E-state index contributed by atoms with van der Waals surface area (Å²) in [5.41, 5.74) is 3.15. The van der Waals surface area contributed by atoms with Crippen molar-refractivity contribution in [1.29, 1.82) is 0 Å². The number of aromatic nitrogens is 1. The van der Waals surface area contributed by atoms with Crippen molar-refractivity contribution in [1.82, 2.24) is 10.3 Å². The second-order valence-corrected chi connectivity index (χ2v) is 5.92. The molecule has 0 bridgehead atoms. The number of nitrogens with one attached hydrogen (secondary N) is 1. The lowest BCUT2D eigenvalue weighted by Crippen LogP contribution is -2.43. The van der Waals surface area contributed by atoms with Crippen LogP contribution in [0.3, 0.4) is 0 Å². The van der Waals surface area contributed by atoms with Crippen LogP contribution in [0, 0.1) is 0 Å². The monoisotopic (exact) mass is 238 g/mol. The lowest BCUT2D eigenvalue weighted by Gasteiger charge is -2.34. The third-order valence-corrected chi connectivity index (χ3v) is 4.24. The van der Waals surface area contributed by atoms with Crippen LogP contribution in [0.2, 0.25) is 0 Å². The van der Waals surface area contributed by atoms with Gasteiger partial charge in [-0.05, 0) is 45.7 Å². The normalized spacial score (nSPS) is 24.3. The largest absolute Gasteiger partial charge is 0.476 e. The van der Waals surface area contributed by atoms with Crippen LogP contribution in [-0.4, -0.2) is 23.7 Å². The Balaban J connectivity index is 1.74. The van der Waals surface area contributed by atoms with E-state index in [1.807, 2.05) is 5.51 Å². The number of nitrogens with zero attached hydrogens (tertiary/aromatic N) is 1. The summed E-state index contributed by atoms with van der Waals surface area (Å²) in [5, 5.41) is 4.45. The third kappa shape index (κ3) is 2.09. The van der Waals surface area contributed by atoms with E-state index in [0.29, 0.717) is 5.92 Å². The van der Waals surface area contributed by atoms with Crippen molar-refractivity contribution in [3.8, 4) is 5.06 Å². The van der Waals surface area contributed by atoms with Crippen LogP contribution in [0.5, 0.6) is 5.06 Å². The highest BCUT2D eigenvalue weighted by molar-refractivity contribution is 7.11. The standard InChI is InChI=1S/C12H18N2OS/c1-12(4-6-13-7-5-12)15-11-10(9-2-3-9)14-8-16-11/h8-9,13H,2-7H2,1H3. The summed E-state index contributed by atoms with van der Waals surface area (Å²) in [6.07, 6.45) is 4.76. The Hall–Kier alpha value is -0.610. The highest BCUT2D eigenvalue weighted by Crippen LogP contribution is 2.46. The third-order valence-electron chi connectivity index (χ3n) is 3.53. The Labute approximate surface area is 100 Å². The molecule has 3 nitrogen and oxygen atoms in total. The molecule has 3 rings (SSSR count). The SMILES string of the molecule is CC1(Oc2scnc2C2CC2)CCNCC1. The highest BCUT2D eigenvalue weighted by atomic mass is 32.1. The van der Waals surface area contributed by atoms with Crippen LogP contribution >= 0.6 is 11.3 Å². The Morgan fingerprint density at radius 1 is 1.44 bits per heavy atom. The molecule has 1 aromatic heterocycles. The van der Waals surface area contributed by atoms with Gasteiger partial charge in [-0.2, -0.15) is 0 Å². The molecule has 0 unspecified atom stereocenters. The molecular formula is C12H18N2OS. The van der Waals surface area contributed by atoms with Crippen LogP contribution in [-0.2, 0) is 0 Å². The minimum atomic E-state index is 0.0153. The second kappa shape index (κ2) is 4.00. The average molecular weight is 238 g/mol. The fraction of sp³-hybridized carbons (Fsp3) is 0.750. The zero-order valence-corrected chi connectivity index (χ0v) is 10.5. The molecule has 0 radical (unpaired) electrons. The molecule has 1 aromatic rings. The number of thiazole rings is 1. The van der Waals surface area contributed by atoms with Crippen LogP contribution in [0.4, 0.5) is 0 Å². The van der Waals surface area contributed by atoms with Gasteiger partial charge in [0, 0.05) is 5.92 Å². The fourth-order valence-corrected chi connectivity index (χ4v) is 3.08. The number of ether oxygens (including phenoxy) is 1. The summed E-state index contributed by atoms with van der Waals surface area (Å²) in [4.78, 5) is 4.45. The summed E-state index contributed by atoms with van der Waals surface area (Å²) in [6.45, 7) is 4.35. The summed E-state index contributed by atoms with van der Waals surface area (Å²) >= 11 is 1.66. The van der Waals surface area contributed by atoms with E-state index in [0.717, 1.165) is 31.0 Å². The Morgan fingerprint density at radius 3 is 2.88 bits per heavy atom. The van der Waals surface area contributed by atoms with Gasteiger partial charge in [-0.15, -0.1) is 0 Å². The molecule has 1 saturated carbocycles. The first-order valence-electron chi connectivity index (χ1n) is 6.10. The molecule has 0 amide bonds. The summed E-state index contributed by atoms with van der Waals surface area (Å²) < 4.78 is 6.23.